The van der Waals surface area contributed by atoms with E-state index < -0.39 is 0 Å². The van der Waals surface area contributed by atoms with E-state index >= 15 is 0 Å². The molecule has 2 nitrogen and oxygen atoms in total. The highest BCUT2D eigenvalue weighted by atomic mass is 15.3. The SMILES string of the molecule is C[C@H]1CNC2(CCCC2)N1. The van der Waals surface area contributed by atoms with Crippen molar-refractivity contribution in [2.24, 2.45) is 0 Å². The van der Waals surface area contributed by atoms with E-state index in [-0.39, 0.29) is 0 Å². The minimum atomic E-state index is 0.361. The molecule has 1 saturated heterocycles. The Kier molecular flexibility index (Phi) is 1.46. The van der Waals surface area contributed by atoms with Gasteiger partial charge in [-0.05, 0) is 19.8 Å². The Morgan fingerprint density at radius 1 is 1.30 bits per heavy atom. The fourth-order valence-electron chi connectivity index (χ4n) is 2.22. The van der Waals surface area contributed by atoms with E-state index in [1.165, 1.54) is 25.7 Å². The van der Waals surface area contributed by atoms with Gasteiger partial charge in [-0.25, -0.2) is 0 Å². The molecular formula is C8H16N2. The van der Waals surface area contributed by atoms with E-state index in [9.17, 15) is 0 Å². The van der Waals surface area contributed by atoms with Crippen LogP contribution in [-0.4, -0.2) is 18.2 Å². The minimum absolute atomic E-state index is 0.361. The van der Waals surface area contributed by atoms with Gasteiger partial charge in [-0.2, -0.15) is 0 Å². The topological polar surface area (TPSA) is 24.1 Å². The summed E-state index contributed by atoms with van der Waals surface area (Å²) in [7, 11) is 0. The first kappa shape index (κ1) is 6.62. The highest BCUT2D eigenvalue weighted by Crippen LogP contribution is 2.29. The van der Waals surface area contributed by atoms with Crippen molar-refractivity contribution in [1.29, 1.82) is 0 Å². The highest BCUT2D eigenvalue weighted by molar-refractivity contribution is 4.97. The Labute approximate surface area is 62.4 Å². The van der Waals surface area contributed by atoms with Crippen molar-refractivity contribution < 1.29 is 0 Å². The standard InChI is InChI=1S/C8H16N2/c1-7-6-9-8(10-7)4-2-3-5-8/h7,9-10H,2-6H2,1H3/t7-/m0/s1. The largest absolute Gasteiger partial charge is 0.298 e. The summed E-state index contributed by atoms with van der Waals surface area (Å²) in [5.74, 6) is 0. The zero-order valence-electron chi connectivity index (χ0n) is 6.61. The average molecular weight is 140 g/mol. The zero-order chi connectivity index (χ0) is 7.03. The molecule has 1 aliphatic carbocycles. The number of rotatable bonds is 0. The van der Waals surface area contributed by atoms with Crippen LogP contribution in [0.3, 0.4) is 0 Å². The fourth-order valence-corrected chi connectivity index (χ4v) is 2.22. The molecule has 2 rings (SSSR count). The van der Waals surface area contributed by atoms with Gasteiger partial charge in [-0.1, -0.05) is 12.8 Å². The van der Waals surface area contributed by atoms with Crippen LogP contribution in [-0.2, 0) is 0 Å². The lowest BCUT2D eigenvalue weighted by atomic mass is 10.1. The molecule has 1 saturated carbocycles. The summed E-state index contributed by atoms with van der Waals surface area (Å²) >= 11 is 0. The predicted molar refractivity (Wildman–Crippen MR) is 41.8 cm³/mol. The van der Waals surface area contributed by atoms with Crippen LogP contribution in [0.5, 0.6) is 0 Å². The molecule has 1 atom stereocenters. The predicted octanol–water partition coefficient (Wildman–Crippen LogP) is 0.838. The molecule has 2 fully saturated rings. The zero-order valence-corrected chi connectivity index (χ0v) is 6.61. The quantitative estimate of drug-likeness (QED) is 0.521. The second kappa shape index (κ2) is 2.21. The second-order valence-electron chi connectivity index (χ2n) is 3.72. The van der Waals surface area contributed by atoms with Gasteiger partial charge in [0.05, 0.1) is 5.66 Å². The lowest BCUT2D eigenvalue weighted by Gasteiger charge is -2.23. The molecule has 0 radical (unpaired) electrons. The normalized spacial score (nSPS) is 37.5. The third-order valence-electron chi connectivity index (χ3n) is 2.73. The summed E-state index contributed by atoms with van der Waals surface area (Å²) in [6.45, 7) is 3.40. The van der Waals surface area contributed by atoms with Crippen LogP contribution in [0, 0.1) is 0 Å². The van der Waals surface area contributed by atoms with E-state index in [0.717, 1.165) is 6.54 Å². The second-order valence-corrected chi connectivity index (χ2v) is 3.72. The molecule has 0 bridgehead atoms. The summed E-state index contributed by atoms with van der Waals surface area (Å²) in [4.78, 5) is 0. The van der Waals surface area contributed by atoms with Gasteiger partial charge in [0.25, 0.3) is 0 Å². The summed E-state index contributed by atoms with van der Waals surface area (Å²) in [6, 6.07) is 0.679. The van der Waals surface area contributed by atoms with Crippen molar-refractivity contribution in [2.45, 2.75) is 44.3 Å². The number of hydrogen-bond donors (Lipinski definition) is 2. The van der Waals surface area contributed by atoms with Crippen molar-refractivity contribution in [2.75, 3.05) is 6.54 Å². The molecular weight excluding hydrogens is 124 g/mol. The molecule has 2 aliphatic rings. The lowest BCUT2D eigenvalue weighted by Crippen LogP contribution is -2.47. The fraction of sp³-hybridized carbons (Fsp3) is 1.00. The van der Waals surface area contributed by atoms with Crippen LogP contribution >= 0.6 is 0 Å². The number of nitrogens with one attached hydrogen (secondary N) is 2. The Bertz CT molecular complexity index is 127. The molecule has 1 aliphatic heterocycles. The maximum absolute atomic E-state index is 3.62. The summed E-state index contributed by atoms with van der Waals surface area (Å²) in [5.41, 5.74) is 0.361. The van der Waals surface area contributed by atoms with E-state index in [1.54, 1.807) is 0 Å². The third kappa shape index (κ3) is 0.956. The molecule has 0 unspecified atom stereocenters. The van der Waals surface area contributed by atoms with Gasteiger partial charge in [-0.15, -0.1) is 0 Å². The molecule has 1 spiro atoms. The molecule has 58 valence electrons. The van der Waals surface area contributed by atoms with Gasteiger partial charge >= 0.3 is 0 Å². The lowest BCUT2D eigenvalue weighted by molar-refractivity contribution is 0.335. The van der Waals surface area contributed by atoms with E-state index in [2.05, 4.69) is 17.6 Å². The number of hydrogen-bond acceptors (Lipinski definition) is 2. The summed E-state index contributed by atoms with van der Waals surface area (Å²) in [6.07, 6.45) is 5.45. The minimum Gasteiger partial charge on any atom is -0.298 e. The van der Waals surface area contributed by atoms with Crippen molar-refractivity contribution in [3.63, 3.8) is 0 Å². The molecule has 2 N–H and O–H groups in total. The van der Waals surface area contributed by atoms with Crippen LogP contribution in [0.2, 0.25) is 0 Å². The molecule has 0 aromatic carbocycles. The third-order valence-corrected chi connectivity index (χ3v) is 2.73. The van der Waals surface area contributed by atoms with Crippen molar-refractivity contribution in [1.82, 2.24) is 10.6 Å². The van der Waals surface area contributed by atoms with Gasteiger partial charge in [0, 0.05) is 12.6 Å². The molecule has 0 amide bonds. The van der Waals surface area contributed by atoms with Gasteiger partial charge in [0.1, 0.15) is 0 Å². The molecule has 0 aromatic heterocycles. The first-order valence-electron chi connectivity index (χ1n) is 4.33. The van der Waals surface area contributed by atoms with Gasteiger partial charge in [0.15, 0.2) is 0 Å². The van der Waals surface area contributed by atoms with Gasteiger partial charge < -0.3 is 0 Å². The molecule has 1 heterocycles. The van der Waals surface area contributed by atoms with Crippen LogP contribution in [0.1, 0.15) is 32.6 Å². The smallest absolute Gasteiger partial charge is 0.0690 e. The first-order valence-corrected chi connectivity index (χ1v) is 4.33. The summed E-state index contributed by atoms with van der Waals surface area (Å²) < 4.78 is 0. The van der Waals surface area contributed by atoms with Gasteiger partial charge in [0.2, 0.25) is 0 Å². The maximum atomic E-state index is 3.62. The molecule has 2 heteroatoms. The van der Waals surface area contributed by atoms with E-state index in [1.807, 2.05) is 0 Å². The monoisotopic (exact) mass is 140 g/mol. The Balaban J connectivity index is 2.03. The summed E-state index contributed by atoms with van der Waals surface area (Å²) in [5, 5.41) is 7.19. The van der Waals surface area contributed by atoms with Crippen molar-refractivity contribution >= 4 is 0 Å². The Morgan fingerprint density at radius 2 is 2.00 bits per heavy atom. The molecule has 10 heavy (non-hydrogen) atoms. The Morgan fingerprint density at radius 3 is 2.50 bits per heavy atom. The van der Waals surface area contributed by atoms with Crippen LogP contribution < -0.4 is 10.6 Å². The van der Waals surface area contributed by atoms with E-state index in [0.29, 0.717) is 11.7 Å². The Hall–Kier alpha value is -0.0800. The van der Waals surface area contributed by atoms with Crippen LogP contribution in [0.4, 0.5) is 0 Å². The first-order chi connectivity index (χ1) is 4.81. The highest BCUT2D eigenvalue weighted by Gasteiger charge is 2.38. The maximum Gasteiger partial charge on any atom is 0.0690 e. The van der Waals surface area contributed by atoms with Gasteiger partial charge in [-0.3, -0.25) is 10.6 Å². The van der Waals surface area contributed by atoms with Crippen molar-refractivity contribution in [3.05, 3.63) is 0 Å². The van der Waals surface area contributed by atoms with Crippen molar-refractivity contribution in [3.8, 4) is 0 Å². The van der Waals surface area contributed by atoms with E-state index in [4.69, 9.17) is 0 Å². The molecule has 0 aromatic rings. The average Bonchev–Trinajstić information content (AvgIpc) is 2.46. The van der Waals surface area contributed by atoms with Crippen LogP contribution in [0.15, 0.2) is 0 Å². The van der Waals surface area contributed by atoms with Crippen LogP contribution in [0.25, 0.3) is 0 Å².